The van der Waals surface area contributed by atoms with Crippen molar-refractivity contribution < 1.29 is 9.13 Å². The van der Waals surface area contributed by atoms with Crippen LogP contribution in [0.15, 0.2) is 23.2 Å². The molecule has 0 aromatic heterocycles. The van der Waals surface area contributed by atoms with Gasteiger partial charge in [0.15, 0.2) is 12.1 Å². The minimum Gasteiger partial charge on any atom is -0.358 e. The van der Waals surface area contributed by atoms with Gasteiger partial charge in [0.2, 0.25) is 0 Å². The van der Waals surface area contributed by atoms with Gasteiger partial charge in [0.25, 0.3) is 0 Å². The molecule has 0 spiro atoms. The van der Waals surface area contributed by atoms with E-state index in [9.17, 15) is 4.39 Å². The van der Waals surface area contributed by atoms with E-state index in [2.05, 4.69) is 5.32 Å². The maximum absolute atomic E-state index is 13.1. The lowest BCUT2D eigenvalue weighted by atomic mass is 10.1. The third-order valence-electron chi connectivity index (χ3n) is 1.63. The van der Waals surface area contributed by atoms with Crippen molar-refractivity contribution in [3.05, 3.63) is 23.2 Å². The van der Waals surface area contributed by atoms with Crippen LogP contribution in [0.1, 0.15) is 13.8 Å². The second-order valence-corrected chi connectivity index (χ2v) is 2.62. The van der Waals surface area contributed by atoms with Gasteiger partial charge < -0.3 is 10.1 Å². The lowest BCUT2D eigenvalue weighted by Gasteiger charge is -2.22. The Labute approximate surface area is 65.7 Å². The van der Waals surface area contributed by atoms with E-state index in [1.165, 1.54) is 7.11 Å². The molecule has 0 saturated carbocycles. The fourth-order valence-corrected chi connectivity index (χ4v) is 1.07. The minimum absolute atomic E-state index is 0.238. The number of dihydropyridines is 1. The third kappa shape index (κ3) is 1.60. The number of ether oxygens (including phenoxy) is 1. The maximum Gasteiger partial charge on any atom is 0.180 e. The molecule has 0 fully saturated rings. The second-order valence-electron chi connectivity index (χ2n) is 2.62. The normalized spacial score (nSPS) is 24.7. The summed E-state index contributed by atoms with van der Waals surface area (Å²) in [7, 11) is 1.48. The van der Waals surface area contributed by atoms with Crippen LogP contribution in [0.3, 0.4) is 0 Å². The van der Waals surface area contributed by atoms with Crippen molar-refractivity contribution in [2.24, 2.45) is 0 Å². The second kappa shape index (κ2) is 3.05. The summed E-state index contributed by atoms with van der Waals surface area (Å²) in [6.45, 7) is 3.60. The van der Waals surface area contributed by atoms with E-state index in [0.29, 0.717) is 5.57 Å². The van der Waals surface area contributed by atoms with Gasteiger partial charge in [0.05, 0.1) is 0 Å². The molecule has 3 heteroatoms. The summed E-state index contributed by atoms with van der Waals surface area (Å²) in [5.41, 5.74) is 1.56. The summed E-state index contributed by atoms with van der Waals surface area (Å²) in [6.07, 6.45) is 1.16. The van der Waals surface area contributed by atoms with Crippen molar-refractivity contribution >= 4 is 0 Å². The van der Waals surface area contributed by atoms with Crippen molar-refractivity contribution in [2.45, 2.75) is 20.1 Å². The number of rotatable bonds is 1. The van der Waals surface area contributed by atoms with Crippen LogP contribution < -0.4 is 5.32 Å². The Morgan fingerprint density at radius 1 is 1.55 bits per heavy atom. The predicted molar refractivity (Wildman–Crippen MR) is 41.5 cm³/mol. The van der Waals surface area contributed by atoms with Crippen LogP contribution in [-0.2, 0) is 4.74 Å². The number of hydrogen-bond acceptors (Lipinski definition) is 2. The van der Waals surface area contributed by atoms with E-state index >= 15 is 0 Å². The minimum atomic E-state index is -0.597. The Hall–Kier alpha value is -0.830. The van der Waals surface area contributed by atoms with Crippen molar-refractivity contribution in [1.29, 1.82) is 0 Å². The van der Waals surface area contributed by atoms with Gasteiger partial charge in [0.1, 0.15) is 0 Å². The van der Waals surface area contributed by atoms with Gasteiger partial charge in [-0.1, -0.05) is 0 Å². The van der Waals surface area contributed by atoms with Crippen LogP contribution in [0.4, 0.5) is 4.39 Å². The highest BCUT2D eigenvalue weighted by Crippen LogP contribution is 2.18. The number of hydrogen-bond donors (Lipinski definition) is 1. The van der Waals surface area contributed by atoms with E-state index < -0.39 is 6.23 Å². The van der Waals surface area contributed by atoms with Gasteiger partial charge in [0, 0.05) is 12.8 Å². The first-order valence-electron chi connectivity index (χ1n) is 3.49. The largest absolute Gasteiger partial charge is 0.358 e. The average molecular weight is 157 g/mol. The topological polar surface area (TPSA) is 21.3 Å². The molecular weight excluding hydrogens is 145 g/mol. The molecule has 1 rings (SSSR count). The smallest absolute Gasteiger partial charge is 0.180 e. The highest BCUT2D eigenvalue weighted by Gasteiger charge is 2.18. The quantitative estimate of drug-likeness (QED) is 0.625. The molecule has 0 aromatic carbocycles. The van der Waals surface area contributed by atoms with E-state index in [1.54, 1.807) is 13.0 Å². The first-order chi connectivity index (χ1) is 5.15. The highest BCUT2D eigenvalue weighted by molar-refractivity contribution is 5.29. The molecule has 1 aliphatic rings. The Morgan fingerprint density at radius 3 is 2.73 bits per heavy atom. The number of methoxy groups -OCH3 is 1. The molecule has 1 heterocycles. The van der Waals surface area contributed by atoms with Crippen LogP contribution in [-0.4, -0.2) is 13.3 Å². The first kappa shape index (κ1) is 8.27. The summed E-state index contributed by atoms with van der Waals surface area (Å²) in [5, 5.41) is 2.85. The molecule has 0 amide bonds. The van der Waals surface area contributed by atoms with E-state index in [4.69, 9.17) is 4.74 Å². The molecule has 1 N–H and O–H groups in total. The van der Waals surface area contributed by atoms with Gasteiger partial charge in [-0.2, -0.15) is 0 Å². The summed E-state index contributed by atoms with van der Waals surface area (Å²) in [6, 6.07) is 0. The summed E-state index contributed by atoms with van der Waals surface area (Å²) in [4.78, 5) is 0. The number of halogens is 1. The lowest BCUT2D eigenvalue weighted by molar-refractivity contribution is 0.0899. The molecule has 1 unspecified atom stereocenters. The van der Waals surface area contributed by atoms with Crippen LogP contribution in [0, 0.1) is 0 Å². The predicted octanol–water partition coefficient (Wildman–Crippen LogP) is 1.71. The van der Waals surface area contributed by atoms with Crippen molar-refractivity contribution in [3.8, 4) is 0 Å². The zero-order chi connectivity index (χ0) is 8.43. The Morgan fingerprint density at radius 2 is 2.18 bits per heavy atom. The monoisotopic (exact) mass is 157 g/mol. The fraction of sp³-hybridized carbons (Fsp3) is 0.500. The Balaban J connectivity index is 2.87. The third-order valence-corrected chi connectivity index (χ3v) is 1.63. The molecule has 2 nitrogen and oxygen atoms in total. The van der Waals surface area contributed by atoms with E-state index in [-0.39, 0.29) is 5.83 Å². The molecule has 11 heavy (non-hydrogen) atoms. The van der Waals surface area contributed by atoms with Crippen LogP contribution in [0.25, 0.3) is 0 Å². The van der Waals surface area contributed by atoms with Gasteiger partial charge >= 0.3 is 0 Å². The molecule has 0 aliphatic carbocycles. The zero-order valence-electron chi connectivity index (χ0n) is 6.94. The SMILES string of the molecule is COC1NC(C)=CC(C)=C1F. The van der Waals surface area contributed by atoms with Crippen LogP contribution in [0.5, 0.6) is 0 Å². The summed E-state index contributed by atoms with van der Waals surface area (Å²) in [5.74, 6) is -0.238. The van der Waals surface area contributed by atoms with Crippen molar-refractivity contribution in [3.63, 3.8) is 0 Å². The van der Waals surface area contributed by atoms with E-state index in [1.807, 2.05) is 6.92 Å². The number of nitrogens with one attached hydrogen (secondary N) is 1. The van der Waals surface area contributed by atoms with Gasteiger partial charge in [-0.3, -0.25) is 0 Å². The summed E-state index contributed by atoms with van der Waals surface area (Å²) < 4.78 is 17.9. The zero-order valence-corrected chi connectivity index (χ0v) is 6.94. The van der Waals surface area contributed by atoms with Crippen LogP contribution >= 0.6 is 0 Å². The van der Waals surface area contributed by atoms with Crippen molar-refractivity contribution in [2.75, 3.05) is 7.11 Å². The lowest BCUT2D eigenvalue weighted by Crippen LogP contribution is -2.32. The molecular formula is C8H12FNO. The molecule has 0 radical (unpaired) electrons. The fourth-order valence-electron chi connectivity index (χ4n) is 1.07. The van der Waals surface area contributed by atoms with Gasteiger partial charge in [-0.05, 0) is 25.5 Å². The Bertz CT molecular complexity index is 220. The molecule has 0 bridgehead atoms. The standard InChI is InChI=1S/C8H12FNO/c1-5-4-6(2)10-8(11-3)7(5)9/h4,8,10H,1-3H3. The molecule has 1 aliphatic heterocycles. The average Bonchev–Trinajstić information content (AvgIpc) is 1.96. The van der Waals surface area contributed by atoms with Crippen molar-refractivity contribution in [1.82, 2.24) is 5.32 Å². The van der Waals surface area contributed by atoms with Gasteiger partial charge in [-0.25, -0.2) is 4.39 Å². The molecule has 62 valence electrons. The molecule has 0 aromatic rings. The molecule has 0 saturated heterocycles. The van der Waals surface area contributed by atoms with E-state index in [0.717, 1.165) is 5.70 Å². The molecule has 1 atom stereocenters. The first-order valence-corrected chi connectivity index (χ1v) is 3.49. The summed E-state index contributed by atoms with van der Waals surface area (Å²) >= 11 is 0. The highest BCUT2D eigenvalue weighted by atomic mass is 19.1. The number of allylic oxidation sites excluding steroid dienone is 3. The van der Waals surface area contributed by atoms with Crippen LogP contribution in [0.2, 0.25) is 0 Å². The van der Waals surface area contributed by atoms with Gasteiger partial charge in [-0.15, -0.1) is 0 Å². The Kier molecular flexibility index (Phi) is 2.29. The maximum atomic E-state index is 13.1.